The molecule has 0 amide bonds. The zero-order valence-electron chi connectivity index (χ0n) is 13.8. The molecule has 2 fully saturated rings. The second-order valence-electron chi connectivity index (χ2n) is 7.58. The first-order chi connectivity index (χ1) is 10.2. The van der Waals surface area contributed by atoms with Crippen molar-refractivity contribution in [3.63, 3.8) is 0 Å². The monoisotopic (exact) mass is 285 g/mol. The molecule has 1 heteroatoms. The molecule has 1 aromatic carbocycles. The molecule has 0 aliphatic heterocycles. The van der Waals surface area contributed by atoms with E-state index in [0.717, 1.165) is 5.92 Å². The van der Waals surface area contributed by atoms with E-state index in [9.17, 15) is 0 Å². The minimum atomic E-state index is 0.446. The fourth-order valence-corrected chi connectivity index (χ4v) is 4.79. The van der Waals surface area contributed by atoms with Gasteiger partial charge in [-0.05, 0) is 55.2 Å². The van der Waals surface area contributed by atoms with Gasteiger partial charge in [0.25, 0.3) is 0 Å². The summed E-state index contributed by atoms with van der Waals surface area (Å²) in [6.45, 7) is 2.47. The molecule has 1 nitrogen and oxygen atoms in total. The standard InChI is InChI=1S/C20H31N/c1-20(14-6-7-15-20)19(21-2)18-12-10-17(11-13-18)16-8-4-3-5-9-16/h10-13,16,19,21H,3-9,14-15H2,1-2H3. The molecule has 1 aromatic rings. The highest BCUT2D eigenvalue weighted by Gasteiger charge is 2.36. The molecule has 3 rings (SSSR count). The highest BCUT2D eigenvalue weighted by atomic mass is 14.9. The Labute approximate surface area is 130 Å². The van der Waals surface area contributed by atoms with Crippen molar-refractivity contribution in [2.45, 2.75) is 76.7 Å². The molecule has 1 atom stereocenters. The molecule has 0 aromatic heterocycles. The van der Waals surface area contributed by atoms with Gasteiger partial charge in [0.2, 0.25) is 0 Å². The molecule has 1 N–H and O–H groups in total. The maximum Gasteiger partial charge on any atom is 0.0372 e. The van der Waals surface area contributed by atoms with Crippen LogP contribution in [0.15, 0.2) is 24.3 Å². The van der Waals surface area contributed by atoms with Gasteiger partial charge in [0.1, 0.15) is 0 Å². The maximum atomic E-state index is 3.60. The van der Waals surface area contributed by atoms with Crippen LogP contribution in [0, 0.1) is 5.41 Å². The van der Waals surface area contributed by atoms with Crippen LogP contribution in [-0.4, -0.2) is 7.05 Å². The lowest BCUT2D eigenvalue weighted by atomic mass is 9.76. The van der Waals surface area contributed by atoms with Crippen LogP contribution in [0.1, 0.15) is 87.8 Å². The zero-order chi connectivity index (χ0) is 14.7. The summed E-state index contributed by atoms with van der Waals surface area (Å²) in [6, 6.07) is 10.1. The molecule has 0 saturated heterocycles. The van der Waals surface area contributed by atoms with Crippen molar-refractivity contribution in [2.75, 3.05) is 7.05 Å². The average molecular weight is 285 g/mol. The first kappa shape index (κ1) is 15.1. The molecule has 0 bridgehead atoms. The normalized spacial score (nSPS) is 24.1. The Bertz CT molecular complexity index is 435. The number of benzene rings is 1. The summed E-state index contributed by atoms with van der Waals surface area (Å²) in [5.41, 5.74) is 3.51. The van der Waals surface area contributed by atoms with Gasteiger partial charge in [-0.3, -0.25) is 0 Å². The Hall–Kier alpha value is -0.820. The summed E-state index contributed by atoms with van der Waals surface area (Å²) in [6.07, 6.45) is 12.6. The fourth-order valence-electron chi connectivity index (χ4n) is 4.79. The largest absolute Gasteiger partial charge is 0.313 e. The molecule has 2 aliphatic carbocycles. The Morgan fingerprint density at radius 3 is 2.14 bits per heavy atom. The van der Waals surface area contributed by atoms with Crippen molar-refractivity contribution in [3.05, 3.63) is 35.4 Å². The van der Waals surface area contributed by atoms with Gasteiger partial charge in [0.15, 0.2) is 0 Å². The fraction of sp³-hybridized carbons (Fsp3) is 0.700. The topological polar surface area (TPSA) is 12.0 Å². The first-order valence-electron chi connectivity index (χ1n) is 9.00. The third-order valence-corrected chi connectivity index (χ3v) is 6.08. The molecular weight excluding hydrogens is 254 g/mol. The molecule has 2 aliphatic rings. The third-order valence-electron chi connectivity index (χ3n) is 6.08. The van der Waals surface area contributed by atoms with E-state index in [1.165, 1.54) is 63.4 Å². The van der Waals surface area contributed by atoms with Crippen molar-refractivity contribution in [1.29, 1.82) is 0 Å². The van der Waals surface area contributed by atoms with Crippen LogP contribution in [0.5, 0.6) is 0 Å². The summed E-state index contributed by atoms with van der Waals surface area (Å²) in [7, 11) is 2.13. The molecule has 0 radical (unpaired) electrons. The van der Waals surface area contributed by atoms with E-state index >= 15 is 0 Å². The van der Waals surface area contributed by atoms with Crippen LogP contribution in [0.3, 0.4) is 0 Å². The predicted octanol–water partition coefficient (Wildman–Crippen LogP) is 5.58. The smallest absolute Gasteiger partial charge is 0.0372 e. The van der Waals surface area contributed by atoms with Crippen LogP contribution in [0.25, 0.3) is 0 Å². The van der Waals surface area contributed by atoms with Crippen molar-refractivity contribution >= 4 is 0 Å². The molecule has 0 heterocycles. The van der Waals surface area contributed by atoms with E-state index in [2.05, 4.69) is 43.6 Å². The SMILES string of the molecule is CNC(c1ccc(C2CCCCC2)cc1)C1(C)CCCC1. The van der Waals surface area contributed by atoms with E-state index in [0.29, 0.717) is 11.5 Å². The van der Waals surface area contributed by atoms with Crippen LogP contribution in [0.2, 0.25) is 0 Å². The molecule has 21 heavy (non-hydrogen) atoms. The number of nitrogens with one attached hydrogen (secondary N) is 1. The molecule has 116 valence electrons. The number of rotatable bonds is 4. The van der Waals surface area contributed by atoms with Crippen molar-refractivity contribution in [2.24, 2.45) is 5.41 Å². The molecule has 2 saturated carbocycles. The van der Waals surface area contributed by atoms with Gasteiger partial charge >= 0.3 is 0 Å². The van der Waals surface area contributed by atoms with E-state index in [1.54, 1.807) is 5.56 Å². The second-order valence-corrected chi connectivity index (χ2v) is 7.58. The van der Waals surface area contributed by atoms with E-state index in [1.807, 2.05) is 0 Å². The first-order valence-corrected chi connectivity index (χ1v) is 9.00. The third kappa shape index (κ3) is 3.18. The van der Waals surface area contributed by atoms with Gasteiger partial charge in [0.05, 0.1) is 0 Å². The lowest BCUT2D eigenvalue weighted by Crippen LogP contribution is -2.32. The molecular formula is C20H31N. The van der Waals surface area contributed by atoms with E-state index in [-0.39, 0.29) is 0 Å². The quantitative estimate of drug-likeness (QED) is 0.762. The lowest BCUT2D eigenvalue weighted by Gasteiger charge is -2.34. The van der Waals surface area contributed by atoms with Gasteiger partial charge in [-0.15, -0.1) is 0 Å². The van der Waals surface area contributed by atoms with E-state index < -0.39 is 0 Å². The molecule has 0 spiro atoms. The summed E-state index contributed by atoms with van der Waals surface area (Å²) in [4.78, 5) is 0. The van der Waals surface area contributed by atoms with Crippen molar-refractivity contribution in [3.8, 4) is 0 Å². The minimum Gasteiger partial charge on any atom is -0.313 e. The predicted molar refractivity (Wildman–Crippen MR) is 90.6 cm³/mol. The van der Waals surface area contributed by atoms with Gasteiger partial charge in [-0.2, -0.15) is 0 Å². The maximum absolute atomic E-state index is 3.60. The van der Waals surface area contributed by atoms with Crippen LogP contribution < -0.4 is 5.32 Å². The highest BCUT2D eigenvalue weighted by molar-refractivity contribution is 5.29. The average Bonchev–Trinajstić information content (AvgIpc) is 2.97. The summed E-state index contributed by atoms with van der Waals surface area (Å²) >= 11 is 0. The minimum absolute atomic E-state index is 0.446. The Morgan fingerprint density at radius 2 is 1.57 bits per heavy atom. The number of hydrogen-bond donors (Lipinski definition) is 1. The number of hydrogen-bond acceptors (Lipinski definition) is 1. The summed E-state index contributed by atoms with van der Waals surface area (Å²) in [5.74, 6) is 0.822. The van der Waals surface area contributed by atoms with Crippen molar-refractivity contribution < 1.29 is 0 Å². The van der Waals surface area contributed by atoms with Crippen molar-refractivity contribution in [1.82, 2.24) is 5.32 Å². The summed E-state index contributed by atoms with van der Waals surface area (Å²) in [5, 5.41) is 3.60. The Kier molecular flexibility index (Phi) is 4.69. The van der Waals surface area contributed by atoms with Crippen LogP contribution >= 0.6 is 0 Å². The second kappa shape index (κ2) is 6.52. The zero-order valence-corrected chi connectivity index (χ0v) is 13.8. The van der Waals surface area contributed by atoms with Gasteiger partial charge in [-0.25, -0.2) is 0 Å². The van der Waals surface area contributed by atoms with E-state index in [4.69, 9.17) is 0 Å². The molecule has 1 unspecified atom stereocenters. The summed E-state index contributed by atoms with van der Waals surface area (Å²) < 4.78 is 0. The van der Waals surface area contributed by atoms with Crippen LogP contribution in [0.4, 0.5) is 0 Å². The van der Waals surface area contributed by atoms with Gasteiger partial charge in [0, 0.05) is 6.04 Å². The highest BCUT2D eigenvalue weighted by Crippen LogP contribution is 2.47. The van der Waals surface area contributed by atoms with Crippen LogP contribution in [-0.2, 0) is 0 Å². The lowest BCUT2D eigenvalue weighted by molar-refractivity contribution is 0.233. The van der Waals surface area contributed by atoms with Gasteiger partial charge < -0.3 is 5.32 Å². The van der Waals surface area contributed by atoms with Gasteiger partial charge in [-0.1, -0.05) is 63.3 Å². The Morgan fingerprint density at radius 1 is 0.952 bits per heavy atom. The Balaban J connectivity index is 1.75.